The number of carbonyl (C=O) groups excluding carboxylic acids is 2. The van der Waals surface area contributed by atoms with Gasteiger partial charge >= 0.3 is 6.61 Å². The van der Waals surface area contributed by atoms with Crippen molar-refractivity contribution in [2.24, 2.45) is 0 Å². The Bertz CT molecular complexity index is 613. The predicted octanol–water partition coefficient (Wildman–Crippen LogP) is 0.387. The number of alkyl halides is 2. The highest BCUT2D eigenvalue weighted by atomic mass is 19.3. The molecule has 1 aromatic carbocycles. The van der Waals surface area contributed by atoms with Crippen LogP contribution >= 0.6 is 0 Å². The number of benzene rings is 1. The average Bonchev–Trinajstić information content (AvgIpc) is 2.55. The van der Waals surface area contributed by atoms with Crippen molar-refractivity contribution in [3.8, 4) is 11.5 Å². The maximum atomic E-state index is 12.3. The smallest absolute Gasteiger partial charge is 0.387 e. The van der Waals surface area contributed by atoms with Crippen LogP contribution in [0.2, 0.25) is 0 Å². The lowest BCUT2D eigenvalue weighted by Gasteiger charge is -2.25. The van der Waals surface area contributed by atoms with Gasteiger partial charge in [0.15, 0.2) is 11.5 Å². The molecule has 1 aromatic rings. The van der Waals surface area contributed by atoms with Gasteiger partial charge in [0.05, 0.1) is 20.2 Å². The van der Waals surface area contributed by atoms with Crippen LogP contribution < -0.4 is 20.1 Å². The minimum absolute atomic E-state index is 0.0336. The third-order valence-electron chi connectivity index (χ3n) is 3.66. The van der Waals surface area contributed by atoms with Gasteiger partial charge in [-0.1, -0.05) is 6.07 Å². The predicted molar refractivity (Wildman–Crippen MR) is 85.8 cm³/mol. The topological polar surface area (TPSA) is 79.9 Å². The van der Waals surface area contributed by atoms with E-state index in [-0.39, 0.29) is 36.4 Å². The van der Waals surface area contributed by atoms with E-state index in [1.165, 1.54) is 13.2 Å². The molecule has 2 rings (SSSR count). The lowest BCUT2D eigenvalue weighted by molar-refractivity contribution is -0.126. The van der Waals surface area contributed by atoms with Gasteiger partial charge in [0.25, 0.3) is 0 Å². The minimum Gasteiger partial charge on any atom is -0.493 e. The Labute approximate surface area is 144 Å². The molecule has 0 aliphatic carbocycles. The summed E-state index contributed by atoms with van der Waals surface area (Å²) in [4.78, 5) is 24.9. The van der Waals surface area contributed by atoms with Crippen molar-refractivity contribution in [3.63, 3.8) is 0 Å². The molecule has 1 fully saturated rings. The molecule has 0 spiro atoms. The maximum Gasteiger partial charge on any atom is 0.387 e. The second-order valence-electron chi connectivity index (χ2n) is 5.52. The van der Waals surface area contributed by atoms with Crippen molar-refractivity contribution in [3.05, 3.63) is 23.8 Å². The zero-order valence-corrected chi connectivity index (χ0v) is 13.9. The third-order valence-corrected chi connectivity index (χ3v) is 3.66. The third kappa shape index (κ3) is 6.18. The van der Waals surface area contributed by atoms with E-state index in [2.05, 4.69) is 15.4 Å². The fraction of sp³-hybridized carbons (Fsp3) is 0.500. The van der Waals surface area contributed by atoms with E-state index < -0.39 is 6.61 Å². The molecule has 1 aliphatic heterocycles. The average molecular weight is 357 g/mol. The van der Waals surface area contributed by atoms with E-state index in [4.69, 9.17) is 4.74 Å². The maximum absolute atomic E-state index is 12.3. The summed E-state index contributed by atoms with van der Waals surface area (Å²) >= 11 is 0. The van der Waals surface area contributed by atoms with E-state index in [1.54, 1.807) is 17.0 Å². The van der Waals surface area contributed by atoms with Crippen molar-refractivity contribution in [1.29, 1.82) is 0 Å². The number of piperazine rings is 1. The van der Waals surface area contributed by atoms with Crippen molar-refractivity contribution < 1.29 is 27.8 Å². The molecule has 1 saturated heterocycles. The van der Waals surface area contributed by atoms with E-state index in [9.17, 15) is 18.4 Å². The Kier molecular flexibility index (Phi) is 6.93. The zero-order chi connectivity index (χ0) is 18.2. The van der Waals surface area contributed by atoms with Crippen molar-refractivity contribution in [1.82, 2.24) is 15.5 Å². The van der Waals surface area contributed by atoms with Gasteiger partial charge in [0.2, 0.25) is 11.8 Å². The van der Waals surface area contributed by atoms with E-state index in [1.807, 2.05) is 0 Å². The largest absolute Gasteiger partial charge is 0.493 e. The van der Waals surface area contributed by atoms with Crippen LogP contribution in [0.25, 0.3) is 0 Å². The van der Waals surface area contributed by atoms with Gasteiger partial charge in [0, 0.05) is 19.6 Å². The molecule has 0 unspecified atom stereocenters. The fourth-order valence-corrected chi connectivity index (χ4v) is 2.49. The Balaban J connectivity index is 1.78. The first kappa shape index (κ1) is 18.9. The number of ether oxygens (including phenoxy) is 2. The van der Waals surface area contributed by atoms with Gasteiger partial charge in [-0.25, -0.2) is 0 Å². The number of nitrogens with zero attached hydrogens (tertiary/aromatic N) is 1. The standard InChI is InChI=1S/C16H21F2N3O4/c1-24-13-8-11(2-3-12(13)25-16(17)18)4-5-19-14(22)9-21-7-6-20-15(23)10-21/h2-3,8,16H,4-7,9-10H2,1H3,(H,19,22)(H,20,23). The van der Waals surface area contributed by atoms with Crippen LogP contribution in [0.15, 0.2) is 18.2 Å². The summed E-state index contributed by atoms with van der Waals surface area (Å²) in [5, 5.41) is 5.47. The molecule has 1 aliphatic rings. The molecule has 1 heterocycles. The summed E-state index contributed by atoms with van der Waals surface area (Å²) in [5.41, 5.74) is 0.816. The number of methoxy groups -OCH3 is 1. The molecular weight excluding hydrogens is 336 g/mol. The number of nitrogens with one attached hydrogen (secondary N) is 2. The summed E-state index contributed by atoms with van der Waals surface area (Å²) in [6.45, 7) is -0.970. The van der Waals surface area contributed by atoms with Gasteiger partial charge in [-0.05, 0) is 24.1 Å². The molecule has 0 saturated carbocycles. The van der Waals surface area contributed by atoms with E-state index in [0.717, 1.165) is 5.56 Å². The quantitative estimate of drug-likeness (QED) is 0.704. The molecule has 2 N–H and O–H groups in total. The number of hydrogen-bond donors (Lipinski definition) is 2. The Morgan fingerprint density at radius 2 is 2.20 bits per heavy atom. The first-order chi connectivity index (χ1) is 12.0. The molecule has 2 amide bonds. The fourth-order valence-electron chi connectivity index (χ4n) is 2.49. The van der Waals surface area contributed by atoms with Crippen molar-refractivity contribution in [2.75, 3.05) is 39.8 Å². The molecule has 0 atom stereocenters. The van der Waals surface area contributed by atoms with Gasteiger partial charge in [-0.2, -0.15) is 8.78 Å². The number of rotatable bonds is 8. The van der Waals surface area contributed by atoms with Crippen LogP contribution in [0.3, 0.4) is 0 Å². The van der Waals surface area contributed by atoms with Crippen LogP contribution in [0.5, 0.6) is 11.5 Å². The molecular formula is C16H21F2N3O4. The Morgan fingerprint density at radius 3 is 2.88 bits per heavy atom. The molecule has 138 valence electrons. The highest BCUT2D eigenvalue weighted by Crippen LogP contribution is 2.29. The molecule has 9 heteroatoms. The number of amides is 2. The van der Waals surface area contributed by atoms with Gasteiger partial charge < -0.3 is 20.1 Å². The normalized spacial score (nSPS) is 15.0. The molecule has 0 radical (unpaired) electrons. The second-order valence-corrected chi connectivity index (χ2v) is 5.52. The molecule has 25 heavy (non-hydrogen) atoms. The summed E-state index contributed by atoms with van der Waals surface area (Å²) < 4.78 is 34.0. The first-order valence-corrected chi connectivity index (χ1v) is 7.85. The summed E-state index contributed by atoms with van der Waals surface area (Å²) in [7, 11) is 1.37. The number of carbonyl (C=O) groups is 2. The number of halogens is 2. The highest BCUT2D eigenvalue weighted by Gasteiger charge is 2.18. The Hall–Kier alpha value is -2.42. The lowest BCUT2D eigenvalue weighted by Crippen LogP contribution is -2.50. The van der Waals surface area contributed by atoms with Crippen LogP contribution in [-0.2, 0) is 16.0 Å². The van der Waals surface area contributed by atoms with E-state index in [0.29, 0.717) is 26.1 Å². The van der Waals surface area contributed by atoms with Crippen molar-refractivity contribution in [2.45, 2.75) is 13.0 Å². The summed E-state index contributed by atoms with van der Waals surface area (Å²) in [6.07, 6.45) is 0.511. The molecule has 7 nitrogen and oxygen atoms in total. The molecule has 0 bridgehead atoms. The first-order valence-electron chi connectivity index (χ1n) is 7.85. The van der Waals surface area contributed by atoms with E-state index >= 15 is 0 Å². The van der Waals surface area contributed by atoms with Gasteiger partial charge in [-0.15, -0.1) is 0 Å². The highest BCUT2D eigenvalue weighted by molar-refractivity contribution is 5.81. The summed E-state index contributed by atoms with van der Waals surface area (Å²) in [6, 6.07) is 4.65. The SMILES string of the molecule is COc1cc(CCNC(=O)CN2CCNC(=O)C2)ccc1OC(F)F. The Morgan fingerprint density at radius 1 is 1.40 bits per heavy atom. The van der Waals surface area contributed by atoms with Gasteiger partial charge in [0.1, 0.15) is 0 Å². The van der Waals surface area contributed by atoms with Crippen LogP contribution in [0, 0.1) is 0 Å². The monoisotopic (exact) mass is 357 g/mol. The second kappa shape index (κ2) is 9.16. The van der Waals surface area contributed by atoms with Crippen LogP contribution in [-0.4, -0.2) is 63.2 Å². The number of hydrogen-bond acceptors (Lipinski definition) is 5. The van der Waals surface area contributed by atoms with Crippen LogP contribution in [0.1, 0.15) is 5.56 Å². The molecule has 0 aromatic heterocycles. The van der Waals surface area contributed by atoms with Crippen LogP contribution in [0.4, 0.5) is 8.78 Å². The zero-order valence-electron chi connectivity index (χ0n) is 13.9. The van der Waals surface area contributed by atoms with Gasteiger partial charge in [-0.3, -0.25) is 14.5 Å². The minimum atomic E-state index is -2.92. The lowest BCUT2D eigenvalue weighted by atomic mass is 10.1. The van der Waals surface area contributed by atoms with Crippen molar-refractivity contribution >= 4 is 11.8 Å². The summed E-state index contributed by atoms with van der Waals surface area (Å²) in [5.74, 6) is -0.0753.